The van der Waals surface area contributed by atoms with Gasteiger partial charge < -0.3 is 10.7 Å². The van der Waals surface area contributed by atoms with Crippen molar-refractivity contribution in [2.75, 3.05) is 5.73 Å². The average molecular weight is 243 g/mol. The fourth-order valence-electron chi connectivity index (χ4n) is 2.29. The molecular weight excluding hydrogens is 222 g/mol. The zero-order valence-electron chi connectivity index (χ0n) is 11.8. The summed E-state index contributed by atoms with van der Waals surface area (Å²) in [6, 6.07) is 4.50. The van der Waals surface area contributed by atoms with Gasteiger partial charge in [-0.05, 0) is 36.0 Å². The topological polar surface area (TPSA) is 54.7 Å². The zero-order chi connectivity index (χ0) is 13.5. The highest BCUT2D eigenvalue weighted by Gasteiger charge is 2.17. The molecule has 0 amide bonds. The van der Waals surface area contributed by atoms with Gasteiger partial charge in [0.25, 0.3) is 0 Å². The molecule has 3 nitrogen and oxygen atoms in total. The molecule has 0 fully saturated rings. The number of aryl methyl sites for hydroxylation is 2. The molecule has 0 atom stereocenters. The van der Waals surface area contributed by atoms with Crippen LogP contribution >= 0.6 is 0 Å². The molecule has 96 valence electrons. The van der Waals surface area contributed by atoms with Crippen LogP contribution in [0.2, 0.25) is 0 Å². The quantitative estimate of drug-likeness (QED) is 0.804. The minimum atomic E-state index is 0.168. The second-order valence-electron chi connectivity index (χ2n) is 5.92. The normalized spacial score (nSPS) is 11.8. The van der Waals surface area contributed by atoms with Gasteiger partial charge >= 0.3 is 0 Å². The molecule has 0 aliphatic rings. The average Bonchev–Trinajstić information content (AvgIpc) is 2.62. The van der Waals surface area contributed by atoms with Crippen LogP contribution in [0, 0.1) is 13.8 Å². The van der Waals surface area contributed by atoms with Crippen LogP contribution in [0.25, 0.3) is 11.3 Å². The molecule has 0 radical (unpaired) electrons. The summed E-state index contributed by atoms with van der Waals surface area (Å²) >= 11 is 0. The monoisotopic (exact) mass is 243 g/mol. The molecular formula is C15H21N3. The molecule has 0 aliphatic heterocycles. The molecule has 2 aromatic rings. The van der Waals surface area contributed by atoms with Gasteiger partial charge in [0.2, 0.25) is 0 Å². The number of nitrogens with one attached hydrogen (secondary N) is 1. The van der Waals surface area contributed by atoms with Gasteiger partial charge in [-0.15, -0.1) is 0 Å². The number of aromatic amines is 1. The maximum Gasteiger partial charge on any atom is 0.197 e. The number of imidazole rings is 1. The molecule has 2 rings (SSSR count). The number of hydrogen-bond donors (Lipinski definition) is 2. The van der Waals surface area contributed by atoms with E-state index in [-0.39, 0.29) is 5.41 Å². The van der Waals surface area contributed by atoms with Gasteiger partial charge in [0.1, 0.15) is 0 Å². The van der Waals surface area contributed by atoms with E-state index in [4.69, 9.17) is 5.73 Å². The number of anilines is 1. The molecule has 1 aromatic carbocycles. The first-order valence-electron chi connectivity index (χ1n) is 6.21. The Balaban J connectivity index is 2.58. The number of nitrogen functional groups attached to an aromatic ring is 1. The molecule has 0 unspecified atom stereocenters. The summed E-state index contributed by atoms with van der Waals surface area (Å²) in [5.74, 6) is 0.462. The lowest BCUT2D eigenvalue weighted by Gasteiger charge is -2.22. The van der Waals surface area contributed by atoms with E-state index < -0.39 is 0 Å². The number of nitrogens with zero attached hydrogens (tertiary/aromatic N) is 1. The number of benzene rings is 1. The Labute approximate surface area is 108 Å². The van der Waals surface area contributed by atoms with Gasteiger partial charge in [0, 0.05) is 5.56 Å². The molecule has 0 saturated heterocycles. The molecule has 0 saturated carbocycles. The van der Waals surface area contributed by atoms with Gasteiger partial charge in [-0.25, -0.2) is 4.98 Å². The molecule has 3 N–H and O–H groups in total. The van der Waals surface area contributed by atoms with E-state index in [1.807, 2.05) is 0 Å². The number of aromatic nitrogens is 2. The van der Waals surface area contributed by atoms with Crippen molar-refractivity contribution in [1.82, 2.24) is 9.97 Å². The lowest BCUT2D eigenvalue weighted by Crippen LogP contribution is -2.12. The van der Waals surface area contributed by atoms with E-state index in [9.17, 15) is 0 Å². The number of H-pyrrole nitrogens is 1. The minimum Gasteiger partial charge on any atom is -0.369 e. The van der Waals surface area contributed by atoms with Gasteiger partial charge in [0.15, 0.2) is 5.95 Å². The Bertz CT molecular complexity index is 551. The molecule has 3 heteroatoms. The zero-order valence-corrected chi connectivity index (χ0v) is 11.8. The van der Waals surface area contributed by atoms with E-state index in [2.05, 4.69) is 56.7 Å². The summed E-state index contributed by atoms with van der Waals surface area (Å²) in [4.78, 5) is 7.17. The molecule has 0 bridgehead atoms. The van der Waals surface area contributed by atoms with E-state index >= 15 is 0 Å². The van der Waals surface area contributed by atoms with Crippen molar-refractivity contribution in [2.24, 2.45) is 0 Å². The second-order valence-corrected chi connectivity index (χ2v) is 5.92. The van der Waals surface area contributed by atoms with E-state index in [0.717, 1.165) is 5.69 Å². The Morgan fingerprint density at radius 2 is 1.67 bits per heavy atom. The molecule has 18 heavy (non-hydrogen) atoms. The van der Waals surface area contributed by atoms with Gasteiger partial charge in [-0.2, -0.15) is 0 Å². The summed E-state index contributed by atoms with van der Waals surface area (Å²) in [6.07, 6.45) is 1.79. The van der Waals surface area contributed by atoms with Crippen molar-refractivity contribution in [3.63, 3.8) is 0 Å². The number of rotatable bonds is 1. The van der Waals surface area contributed by atoms with Crippen molar-refractivity contribution in [3.05, 3.63) is 35.0 Å². The van der Waals surface area contributed by atoms with Gasteiger partial charge in [-0.3, -0.25) is 0 Å². The third-order valence-corrected chi connectivity index (χ3v) is 3.26. The maximum absolute atomic E-state index is 5.65. The maximum atomic E-state index is 5.65. The van der Waals surface area contributed by atoms with Crippen LogP contribution in [-0.4, -0.2) is 9.97 Å². The standard InChI is InChI=1S/C15H21N3/c1-9-6-11(15(3,4)5)7-10(2)13(9)12-8-17-14(16)18-12/h6-8H,1-5H3,(H3,16,17,18). The van der Waals surface area contributed by atoms with Gasteiger partial charge in [-0.1, -0.05) is 32.9 Å². The third-order valence-electron chi connectivity index (χ3n) is 3.26. The second kappa shape index (κ2) is 4.16. The Hall–Kier alpha value is -1.77. The van der Waals surface area contributed by atoms with Crippen LogP contribution in [-0.2, 0) is 5.41 Å². The SMILES string of the molecule is Cc1cc(C(C)(C)C)cc(C)c1-c1cnc(N)[nH]1. The van der Waals surface area contributed by atoms with Crippen LogP contribution in [0.1, 0.15) is 37.5 Å². The van der Waals surface area contributed by atoms with E-state index in [1.54, 1.807) is 6.20 Å². The van der Waals surface area contributed by atoms with Crippen LogP contribution < -0.4 is 5.73 Å². The van der Waals surface area contributed by atoms with E-state index in [0.29, 0.717) is 5.95 Å². The Morgan fingerprint density at radius 3 is 2.06 bits per heavy atom. The first-order chi connectivity index (χ1) is 8.29. The molecule has 1 aromatic heterocycles. The van der Waals surface area contributed by atoms with Crippen LogP contribution in [0.4, 0.5) is 5.95 Å². The van der Waals surface area contributed by atoms with Gasteiger partial charge in [0.05, 0.1) is 11.9 Å². The summed E-state index contributed by atoms with van der Waals surface area (Å²) < 4.78 is 0. The summed E-state index contributed by atoms with van der Waals surface area (Å²) in [7, 11) is 0. The summed E-state index contributed by atoms with van der Waals surface area (Å²) in [6.45, 7) is 11.0. The van der Waals surface area contributed by atoms with Crippen molar-refractivity contribution in [2.45, 2.75) is 40.0 Å². The minimum absolute atomic E-state index is 0.168. The van der Waals surface area contributed by atoms with Crippen molar-refractivity contribution in [3.8, 4) is 11.3 Å². The fourth-order valence-corrected chi connectivity index (χ4v) is 2.29. The van der Waals surface area contributed by atoms with Crippen molar-refractivity contribution < 1.29 is 0 Å². The highest BCUT2D eigenvalue weighted by molar-refractivity contribution is 5.69. The highest BCUT2D eigenvalue weighted by atomic mass is 15.0. The van der Waals surface area contributed by atoms with Crippen molar-refractivity contribution in [1.29, 1.82) is 0 Å². The Kier molecular flexibility index (Phi) is 2.93. The highest BCUT2D eigenvalue weighted by Crippen LogP contribution is 2.31. The fraction of sp³-hybridized carbons (Fsp3) is 0.400. The Morgan fingerprint density at radius 1 is 1.11 bits per heavy atom. The molecule has 1 heterocycles. The smallest absolute Gasteiger partial charge is 0.197 e. The molecule has 0 aliphatic carbocycles. The van der Waals surface area contributed by atoms with Crippen LogP contribution in [0.3, 0.4) is 0 Å². The lowest BCUT2D eigenvalue weighted by molar-refractivity contribution is 0.589. The summed E-state index contributed by atoms with van der Waals surface area (Å²) in [5.41, 5.74) is 11.9. The predicted molar refractivity (Wildman–Crippen MR) is 76.6 cm³/mol. The first kappa shape index (κ1) is 12.7. The van der Waals surface area contributed by atoms with E-state index in [1.165, 1.54) is 22.3 Å². The first-order valence-corrected chi connectivity index (χ1v) is 6.21. The number of nitrogens with two attached hydrogens (primary N) is 1. The number of hydrogen-bond acceptors (Lipinski definition) is 2. The largest absolute Gasteiger partial charge is 0.369 e. The van der Waals surface area contributed by atoms with Crippen LogP contribution in [0.5, 0.6) is 0 Å². The predicted octanol–water partition coefficient (Wildman–Crippen LogP) is 3.57. The van der Waals surface area contributed by atoms with Crippen molar-refractivity contribution >= 4 is 5.95 Å². The third kappa shape index (κ3) is 2.26. The van der Waals surface area contributed by atoms with Crippen LogP contribution in [0.15, 0.2) is 18.3 Å². The summed E-state index contributed by atoms with van der Waals surface area (Å²) in [5, 5.41) is 0. The lowest BCUT2D eigenvalue weighted by atomic mass is 9.83. The molecule has 0 spiro atoms.